The van der Waals surface area contributed by atoms with E-state index in [0.717, 1.165) is 16.3 Å². The number of carbonyl (C=O) groups excluding carboxylic acids is 2. The average Bonchev–Trinajstić information content (AvgIpc) is 3.43. The minimum Gasteiger partial charge on any atom is -0.459 e. The van der Waals surface area contributed by atoms with Crippen molar-refractivity contribution in [2.45, 2.75) is 50.3 Å². The molecule has 0 spiro atoms. The lowest BCUT2D eigenvalue weighted by atomic mass is 10.2. The predicted molar refractivity (Wildman–Crippen MR) is 161 cm³/mol. The largest absolute Gasteiger partial charge is 0.459 e. The molecule has 0 fully saturated rings. The molecule has 0 saturated heterocycles. The van der Waals surface area contributed by atoms with Gasteiger partial charge in [0.1, 0.15) is 11.6 Å². The Kier molecular flexibility index (Phi) is 10.5. The third kappa shape index (κ3) is 9.60. The van der Waals surface area contributed by atoms with Gasteiger partial charge in [0.2, 0.25) is 10.0 Å². The molecule has 0 unspecified atom stereocenters. The highest BCUT2D eigenvalue weighted by atomic mass is 32.2. The number of carbonyl (C=O) groups is 2. The van der Waals surface area contributed by atoms with Crippen molar-refractivity contribution >= 4 is 21.9 Å². The molecule has 10 nitrogen and oxygen atoms in total. The van der Waals surface area contributed by atoms with E-state index < -0.39 is 40.1 Å². The van der Waals surface area contributed by atoms with Crippen LogP contribution in [0.25, 0.3) is 0 Å². The molecule has 1 atom stereocenters. The van der Waals surface area contributed by atoms with Crippen LogP contribution in [-0.2, 0) is 37.4 Å². The summed E-state index contributed by atoms with van der Waals surface area (Å²) in [6.07, 6.45) is 4.00. The molecule has 11 heteroatoms. The van der Waals surface area contributed by atoms with Gasteiger partial charge in [-0.05, 0) is 50.6 Å². The van der Waals surface area contributed by atoms with Gasteiger partial charge in [0, 0.05) is 24.7 Å². The first kappa shape index (κ1) is 31.6. The summed E-state index contributed by atoms with van der Waals surface area (Å²) in [5, 5.41) is 0.998. The number of amides is 1. The number of nitrogens with zero attached hydrogens (tertiary/aromatic N) is 3. The number of hydroxylamine groups is 2. The quantitative estimate of drug-likeness (QED) is 0.179. The monoisotopic (exact) mass is 604 g/mol. The first-order chi connectivity index (χ1) is 20.5. The van der Waals surface area contributed by atoms with Crippen LogP contribution in [-0.4, -0.2) is 59.7 Å². The zero-order chi connectivity index (χ0) is 30.9. The van der Waals surface area contributed by atoms with Gasteiger partial charge in [-0.25, -0.2) is 18.5 Å². The number of benzene rings is 3. The maximum atomic E-state index is 13.5. The lowest BCUT2D eigenvalue weighted by molar-refractivity contribution is -0.163. The molecule has 4 aromatic rings. The summed E-state index contributed by atoms with van der Waals surface area (Å²) < 4.78 is 36.3. The van der Waals surface area contributed by atoms with Crippen molar-refractivity contribution in [1.82, 2.24) is 19.3 Å². The first-order valence-corrected chi connectivity index (χ1v) is 15.3. The van der Waals surface area contributed by atoms with Crippen LogP contribution in [0.1, 0.15) is 42.4 Å². The maximum Gasteiger partial charge on any atom is 0.326 e. The van der Waals surface area contributed by atoms with E-state index >= 15 is 0 Å². The molecule has 1 amide bonds. The van der Waals surface area contributed by atoms with Crippen molar-refractivity contribution in [2.75, 3.05) is 13.2 Å². The smallest absolute Gasteiger partial charge is 0.326 e. The summed E-state index contributed by atoms with van der Waals surface area (Å²) in [6.45, 7) is 5.30. The number of esters is 1. The summed E-state index contributed by atoms with van der Waals surface area (Å²) >= 11 is 0. The summed E-state index contributed by atoms with van der Waals surface area (Å²) in [4.78, 5) is 37.1. The van der Waals surface area contributed by atoms with Crippen LogP contribution in [0.3, 0.4) is 0 Å². The van der Waals surface area contributed by atoms with E-state index in [0.29, 0.717) is 18.5 Å². The summed E-state index contributed by atoms with van der Waals surface area (Å²) in [5.41, 5.74) is 1.29. The van der Waals surface area contributed by atoms with Gasteiger partial charge in [-0.1, -0.05) is 66.7 Å². The number of aromatic nitrogens is 2. The Hall–Kier alpha value is -4.32. The fourth-order valence-corrected chi connectivity index (χ4v) is 5.35. The van der Waals surface area contributed by atoms with Crippen LogP contribution in [0.15, 0.2) is 108 Å². The molecule has 1 heterocycles. The molecule has 1 aromatic heterocycles. The number of hydrogen-bond acceptors (Lipinski definition) is 7. The van der Waals surface area contributed by atoms with Crippen LogP contribution in [0.2, 0.25) is 0 Å². The number of sulfonamides is 1. The predicted octanol–water partition coefficient (Wildman–Crippen LogP) is 4.24. The number of ether oxygens (including phenoxy) is 1. The van der Waals surface area contributed by atoms with E-state index in [1.165, 1.54) is 12.1 Å². The second-order valence-corrected chi connectivity index (χ2v) is 12.6. The summed E-state index contributed by atoms with van der Waals surface area (Å²) in [6, 6.07) is 24.6. The number of imidazole rings is 1. The van der Waals surface area contributed by atoms with Gasteiger partial charge in [0.05, 0.1) is 30.1 Å². The fourth-order valence-electron chi connectivity index (χ4n) is 4.15. The SMILES string of the molecule is CC(C)(C)OC(=O)[C@H](CN(OCCc1cn(Cc2ccccc2)cn1)C(=O)c1ccccc1)NS(=O)(=O)c1ccccc1. The number of nitrogens with one attached hydrogen (secondary N) is 1. The maximum absolute atomic E-state index is 13.5. The molecule has 1 N–H and O–H groups in total. The fraction of sp³-hybridized carbons (Fsp3) is 0.281. The van der Waals surface area contributed by atoms with E-state index in [9.17, 15) is 18.0 Å². The zero-order valence-electron chi connectivity index (χ0n) is 24.4. The minimum atomic E-state index is -4.14. The number of hydrogen-bond donors (Lipinski definition) is 1. The van der Waals surface area contributed by atoms with E-state index in [2.05, 4.69) is 9.71 Å². The Morgan fingerprint density at radius 2 is 1.53 bits per heavy atom. The van der Waals surface area contributed by atoms with Crippen LogP contribution >= 0.6 is 0 Å². The van der Waals surface area contributed by atoms with Crippen LogP contribution in [0, 0.1) is 0 Å². The normalized spacial score (nSPS) is 12.4. The Bertz CT molecular complexity index is 1590. The molecule has 0 bridgehead atoms. The first-order valence-electron chi connectivity index (χ1n) is 13.8. The lowest BCUT2D eigenvalue weighted by Crippen LogP contribution is -2.51. The second kappa shape index (κ2) is 14.2. The average molecular weight is 605 g/mol. The molecule has 0 aliphatic heterocycles. The molecule has 0 saturated carbocycles. The highest BCUT2D eigenvalue weighted by Crippen LogP contribution is 2.15. The van der Waals surface area contributed by atoms with Crippen LogP contribution < -0.4 is 4.72 Å². The van der Waals surface area contributed by atoms with E-state index in [1.807, 2.05) is 41.1 Å². The van der Waals surface area contributed by atoms with Gasteiger partial charge < -0.3 is 9.30 Å². The standard InChI is InChI=1S/C32H36N4O6S/c1-32(2,3)42-31(38)29(34-43(39,40)28-17-11-6-12-18-28)23-36(30(37)26-15-9-5-10-16-26)41-20-19-27-22-35(24-33-27)21-25-13-7-4-8-14-25/h4-18,22,24,29,34H,19-21,23H2,1-3H3/t29-/m0/s1. The van der Waals surface area contributed by atoms with E-state index in [1.54, 1.807) is 75.6 Å². The summed E-state index contributed by atoms with van der Waals surface area (Å²) in [7, 11) is -4.14. The van der Waals surface area contributed by atoms with E-state index in [4.69, 9.17) is 9.57 Å². The van der Waals surface area contributed by atoms with Crippen molar-refractivity contribution in [3.63, 3.8) is 0 Å². The van der Waals surface area contributed by atoms with Crippen molar-refractivity contribution in [1.29, 1.82) is 0 Å². The third-order valence-corrected chi connectivity index (χ3v) is 7.63. The topological polar surface area (TPSA) is 120 Å². The van der Waals surface area contributed by atoms with Gasteiger partial charge in [0.15, 0.2) is 0 Å². The molecule has 4 rings (SSSR count). The van der Waals surface area contributed by atoms with Gasteiger partial charge in [-0.2, -0.15) is 4.72 Å². The molecule has 0 aliphatic carbocycles. The second-order valence-electron chi connectivity index (χ2n) is 10.9. The Morgan fingerprint density at radius 3 is 2.16 bits per heavy atom. The van der Waals surface area contributed by atoms with Gasteiger partial charge in [0.25, 0.3) is 5.91 Å². The highest BCUT2D eigenvalue weighted by Gasteiger charge is 2.33. The van der Waals surface area contributed by atoms with Crippen LogP contribution in [0.4, 0.5) is 0 Å². The molecule has 0 aliphatic rings. The van der Waals surface area contributed by atoms with E-state index in [-0.39, 0.29) is 11.5 Å². The van der Waals surface area contributed by atoms with Crippen LogP contribution in [0.5, 0.6) is 0 Å². The Morgan fingerprint density at radius 1 is 0.930 bits per heavy atom. The van der Waals surface area contributed by atoms with Crippen molar-refractivity contribution < 1.29 is 27.6 Å². The van der Waals surface area contributed by atoms with Crippen molar-refractivity contribution in [3.05, 3.63) is 120 Å². The van der Waals surface area contributed by atoms with Gasteiger partial charge >= 0.3 is 5.97 Å². The van der Waals surface area contributed by atoms with Crippen molar-refractivity contribution in [2.24, 2.45) is 0 Å². The highest BCUT2D eigenvalue weighted by molar-refractivity contribution is 7.89. The summed E-state index contributed by atoms with van der Waals surface area (Å²) in [5.74, 6) is -1.39. The Balaban J connectivity index is 1.52. The molecule has 0 radical (unpaired) electrons. The molecule has 43 heavy (non-hydrogen) atoms. The number of rotatable bonds is 13. The molecule has 3 aromatic carbocycles. The zero-order valence-corrected chi connectivity index (χ0v) is 25.2. The third-order valence-electron chi connectivity index (χ3n) is 6.14. The van der Waals surface area contributed by atoms with Gasteiger partial charge in [-0.15, -0.1) is 0 Å². The molecule has 226 valence electrons. The minimum absolute atomic E-state index is 0.0310. The molecular formula is C32H36N4O6S. The molecular weight excluding hydrogens is 568 g/mol. The lowest BCUT2D eigenvalue weighted by Gasteiger charge is -2.29. The van der Waals surface area contributed by atoms with Crippen molar-refractivity contribution in [3.8, 4) is 0 Å². The van der Waals surface area contributed by atoms with Gasteiger partial charge in [-0.3, -0.25) is 14.4 Å². The Labute approximate surface area is 252 Å².